The largest absolute Gasteiger partial charge is 0.480 e. The number of carbonyl (C=O) groups is 2. The smallest absolute Gasteiger partial charge is 0.321 e. The second-order valence-corrected chi connectivity index (χ2v) is 6.52. The first-order valence-electron chi connectivity index (χ1n) is 7.99. The molecule has 0 aromatic carbocycles. The van der Waals surface area contributed by atoms with Crippen LogP contribution < -0.4 is 5.32 Å². The van der Waals surface area contributed by atoms with Gasteiger partial charge in [-0.05, 0) is 37.5 Å². The summed E-state index contributed by atoms with van der Waals surface area (Å²) in [5.74, 6) is -0.128. The molecule has 3 rings (SSSR count). The predicted molar refractivity (Wildman–Crippen MR) is 75.8 cm³/mol. The van der Waals surface area contributed by atoms with Crippen molar-refractivity contribution in [2.45, 2.75) is 44.2 Å². The molecule has 0 aromatic heterocycles. The van der Waals surface area contributed by atoms with E-state index in [2.05, 4.69) is 5.32 Å². The Kier molecular flexibility index (Phi) is 4.45. The zero-order valence-electron chi connectivity index (χ0n) is 12.3. The van der Waals surface area contributed by atoms with Crippen molar-refractivity contribution < 1.29 is 19.4 Å². The summed E-state index contributed by atoms with van der Waals surface area (Å²) in [5, 5.41) is 12.5. The van der Waals surface area contributed by atoms with Crippen LogP contribution in [0.25, 0.3) is 0 Å². The van der Waals surface area contributed by atoms with E-state index in [9.17, 15) is 14.7 Å². The molecule has 2 heterocycles. The maximum absolute atomic E-state index is 12.2. The number of carboxylic acid groups (broad SMARTS) is 1. The molecule has 0 aromatic rings. The van der Waals surface area contributed by atoms with Gasteiger partial charge in [-0.1, -0.05) is 6.42 Å². The molecule has 0 bridgehead atoms. The summed E-state index contributed by atoms with van der Waals surface area (Å²) in [5.41, 5.74) is 0. The number of rotatable bonds is 4. The highest BCUT2D eigenvalue weighted by Gasteiger charge is 2.48. The van der Waals surface area contributed by atoms with E-state index in [4.69, 9.17) is 4.74 Å². The summed E-state index contributed by atoms with van der Waals surface area (Å²) < 4.78 is 5.27. The number of carboxylic acids is 1. The number of aliphatic carboxylic acids is 1. The van der Waals surface area contributed by atoms with Crippen LogP contribution in [0.5, 0.6) is 0 Å². The average Bonchev–Trinajstić information content (AvgIpc) is 2.99. The van der Waals surface area contributed by atoms with Gasteiger partial charge in [-0.2, -0.15) is 0 Å². The van der Waals surface area contributed by atoms with Gasteiger partial charge in [0.2, 0.25) is 5.91 Å². The molecule has 118 valence electrons. The highest BCUT2D eigenvalue weighted by Crippen LogP contribution is 2.42. The van der Waals surface area contributed by atoms with Crippen molar-refractivity contribution in [1.29, 1.82) is 0 Å². The Morgan fingerprint density at radius 2 is 1.95 bits per heavy atom. The SMILES string of the molecule is O=C(CN1CC2CCCC2C1C(=O)O)NC1CCOCC1. The van der Waals surface area contributed by atoms with E-state index in [1.165, 1.54) is 0 Å². The van der Waals surface area contributed by atoms with Crippen molar-refractivity contribution in [1.82, 2.24) is 10.2 Å². The second kappa shape index (κ2) is 6.32. The fourth-order valence-electron chi connectivity index (χ4n) is 4.20. The quantitative estimate of drug-likeness (QED) is 0.788. The van der Waals surface area contributed by atoms with Gasteiger partial charge in [-0.25, -0.2) is 0 Å². The van der Waals surface area contributed by atoms with Crippen molar-refractivity contribution in [3.05, 3.63) is 0 Å². The standard InChI is InChI=1S/C15H24N2O4/c18-13(16-11-4-6-21-7-5-11)9-17-8-10-2-1-3-12(10)14(17)15(19)20/h10-12,14H,1-9H2,(H,16,18)(H,19,20). The summed E-state index contributed by atoms with van der Waals surface area (Å²) >= 11 is 0. The molecule has 6 nitrogen and oxygen atoms in total. The molecule has 2 saturated heterocycles. The lowest BCUT2D eigenvalue weighted by atomic mass is 9.94. The van der Waals surface area contributed by atoms with Crippen LogP contribution in [0.1, 0.15) is 32.1 Å². The lowest BCUT2D eigenvalue weighted by Crippen LogP contribution is -2.48. The van der Waals surface area contributed by atoms with Gasteiger partial charge >= 0.3 is 5.97 Å². The van der Waals surface area contributed by atoms with Crippen LogP contribution in [0.15, 0.2) is 0 Å². The van der Waals surface area contributed by atoms with Gasteiger partial charge in [0.15, 0.2) is 0 Å². The second-order valence-electron chi connectivity index (χ2n) is 6.52. The number of hydrogen-bond acceptors (Lipinski definition) is 4. The molecule has 0 spiro atoms. The Bertz CT molecular complexity index is 408. The zero-order valence-corrected chi connectivity index (χ0v) is 12.3. The van der Waals surface area contributed by atoms with Crippen LogP contribution in [0.3, 0.4) is 0 Å². The normalized spacial score (nSPS) is 33.8. The fraction of sp³-hybridized carbons (Fsp3) is 0.867. The number of fused-ring (bicyclic) bond motifs is 1. The summed E-state index contributed by atoms with van der Waals surface area (Å²) in [6, 6.07) is -0.297. The van der Waals surface area contributed by atoms with E-state index >= 15 is 0 Å². The lowest BCUT2D eigenvalue weighted by molar-refractivity contribution is -0.144. The van der Waals surface area contributed by atoms with Crippen molar-refractivity contribution in [3.63, 3.8) is 0 Å². The minimum Gasteiger partial charge on any atom is -0.480 e. The number of likely N-dealkylation sites (tertiary alicyclic amines) is 1. The van der Waals surface area contributed by atoms with E-state index in [1.54, 1.807) is 0 Å². The first-order valence-corrected chi connectivity index (χ1v) is 7.99. The van der Waals surface area contributed by atoms with Crippen LogP contribution in [0.4, 0.5) is 0 Å². The summed E-state index contributed by atoms with van der Waals surface area (Å²) in [6.07, 6.45) is 4.91. The maximum atomic E-state index is 12.2. The summed E-state index contributed by atoms with van der Waals surface area (Å²) in [6.45, 7) is 2.34. The van der Waals surface area contributed by atoms with E-state index in [0.29, 0.717) is 19.1 Å². The fourth-order valence-corrected chi connectivity index (χ4v) is 4.20. The van der Waals surface area contributed by atoms with Gasteiger partial charge in [-0.3, -0.25) is 14.5 Å². The van der Waals surface area contributed by atoms with Gasteiger partial charge < -0.3 is 15.2 Å². The topological polar surface area (TPSA) is 78.9 Å². The Morgan fingerprint density at radius 1 is 1.19 bits per heavy atom. The Labute approximate surface area is 124 Å². The molecule has 3 unspecified atom stereocenters. The number of nitrogens with zero attached hydrogens (tertiary/aromatic N) is 1. The van der Waals surface area contributed by atoms with Crippen LogP contribution in [0, 0.1) is 11.8 Å². The molecule has 2 aliphatic heterocycles. The number of amides is 1. The van der Waals surface area contributed by atoms with E-state index < -0.39 is 12.0 Å². The van der Waals surface area contributed by atoms with Crippen molar-refractivity contribution >= 4 is 11.9 Å². The molecule has 3 aliphatic rings. The molecule has 1 saturated carbocycles. The summed E-state index contributed by atoms with van der Waals surface area (Å²) in [4.78, 5) is 25.6. The van der Waals surface area contributed by atoms with E-state index in [1.807, 2.05) is 4.90 Å². The van der Waals surface area contributed by atoms with Crippen LogP contribution in [0.2, 0.25) is 0 Å². The van der Waals surface area contributed by atoms with Gasteiger partial charge in [0.1, 0.15) is 6.04 Å². The number of carbonyl (C=O) groups excluding carboxylic acids is 1. The molecule has 21 heavy (non-hydrogen) atoms. The molecule has 2 N–H and O–H groups in total. The zero-order chi connectivity index (χ0) is 14.8. The average molecular weight is 296 g/mol. The molecule has 1 aliphatic carbocycles. The van der Waals surface area contributed by atoms with Crippen molar-refractivity contribution in [2.24, 2.45) is 11.8 Å². The summed E-state index contributed by atoms with van der Waals surface area (Å²) in [7, 11) is 0. The number of hydrogen-bond donors (Lipinski definition) is 2. The number of nitrogens with one attached hydrogen (secondary N) is 1. The van der Waals surface area contributed by atoms with E-state index in [-0.39, 0.29) is 24.4 Å². The predicted octanol–water partition coefficient (Wildman–Crippen LogP) is 0.467. The first kappa shape index (κ1) is 14.8. The highest BCUT2D eigenvalue weighted by molar-refractivity contribution is 5.80. The van der Waals surface area contributed by atoms with Gasteiger partial charge in [0, 0.05) is 25.8 Å². The molecule has 3 atom stereocenters. The van der Waals surface area contributed by atoms with Crippen LogP contribution in [-0.2, 0) is 14.3 Å². The maximum Gasteiger partial charge on any atom is 0.321 e. The van der Waals surface area contributed by atoms with Gasteiger partial charge in [0.25, 0.3) is 0 Å². The minimum absolute atomic E-state index is 0.0480. The number of ether oxygens (including phenoxy) is 1. The van der Waals surface area contributed by atoms with Crippen molar-refractivity contribution in [2.75, 3.05) is 26.3 Å². The van der Waals surface area contributed by atoms with Crippen LogP contribution in [-0.4, -0.2) is 60.3 Å². The van der Waals surface area contributed by atoms with Crippen molar-refractivity contribution in [3.8, 4) is 0 Å². The third-order valence-corrected chi connectivity index (χ3v) is 5.17. The highest BCUT2D eigenvalue weighted by atomic mass is 16.5. The molecular formula is C15H24N2O4. The Balaban J connectivity index is 1.55. The van der Waals surface area contributed by atoms with Crippen LogP contribution >= 0.6 is 0 Å². The molecule has 1 amide bonds. The third-order valence-electron chi connectivity index (χ3n) is 5.17. The minimum atomic E-state index is -0.775. The molecule has 0 radical (unpaired) electrons. The molecule has 3 fully saturated rings. The van der Waals surface area contributed by atoms with Gasteiger partial charge in [-0.15, -0.1) is 0 Å². The molecule has 6 heteroatoms. The lowest BCUT2D eigenvalue weighted by Gasteiger charge is -2.26. The Hall–Kier alpha value is -1.14. The first-order chi connectivity index (χ1) is 10.1. The van der Waals surface area contributed by atoms with E-state index in [0.717, 1.165) is 38.6 Å². The third kappa shape index (κ3) is 3.21. The van der Waals surface area contributed by atoms with Gasteiger partial charge in [0.05, 0.1) is 6.54 Å². The Morgan fingerprint density at radius 3 is 2.67 bits per heavy atom. The monoisotopic (exact) mass is 296 g/mol. The molecular weight excluding hydrogens is 272 g/mol.